The van der Waals surface area contributed by atoms with Crippen LogP contribution in [-0.4, -0.2) is 12.8 Å². The average Bonchev–Trinajstić information content (AvgIpc) is 2.19. The number of nitrogens with zero attached hydrogens (tertiary/aromatic N) is 3. The first kappa shape index (κ1) is 9.29. The Kier molecular flexibility index (Phi) is 3.54. The van der Waals surface area contributed by atoms with Crippen molar-refractivity contribution >= 4 is 6.29 Å². The van der Waals surface area contributed by atoms with Crippen LogP contribution >= 0.6 is 0 Å². The van der Waals surface area contributed by atoms with E-state index in [1.54, 1.807) is 12.1 Å². The fourth-order valence-electron chi connectivity index (χ4n) is 1.05. The summed E-state index contributed by atoms with van der Waals surface area (Å²) >= 11 is 0. The lowest BCUT2D eigenvalue weighted by atomic mass is 10.1. The van der Waals surface area contributed by atoms with E-state index < -0.39 is 0 Å². The fourth-order valence-corrected chi connectivity index (χ4v) is 1.05. The molecule has 0 saturated heterocycles. The van der Waals surface area contributed by atoms with Gasteiger partial charge in [0, 0.05) is 17.0 Å². The molecule has 0 aliphatic rings. The monoisotopic (exact) mass is 174 g/mol. The summed E-state index contributed by atoms with van der Waals surface area (Å²) in [7, 11) is 0. The molecule has 0 fully saturated rings. The second-order valence-corrected chi connectivity index (χ2v) is 2.46. The molecule has 0 bridgehead atoms. The molecule has 0 aliphatic carbocycles. The SMILES string of the molecule is [N-]=[N+]=NCCc1ccccc1[C]=O. The molecule has 0 heterocycles. The highest BCUT2D eigenvalue weighted by molar-refractivity contribution is 5.77. The van der Waals surface area contributed by atoms with Crippen molar-refractivity contribution in [2.45, 2.75) is 6.42 Å². The fraction of sp³-hybridized carbons (Fsp3) is 0.222. The predicted molar refractivity (Wildman–Crippen MR) is 49.0 cm³/mol. The molecule has 4 heteroatoms. The Morgan fingerprint density at radius 1 is 1.46 bits per heavy atom. The number of hydrogen-bond acceptors (Lipinski definition) is 2. The van der Waals surface area contributed by atoms with Gasteiger partial charge in [0.25, 0.3) is 0 Å². The zero-order valence-electron chi connectivity index (χ0n) is 6.97. The Morgan fingerprint density at radius 2 is 2.23 bits per heavy atom. The first-order valence-electron chi connectivity index (χ1n) is 3.85. The number of benzene rings is 1. The third-order valence-corrected chi connectivity index (χ3v) is 1.67. The van der Waals surface area contributed by atoms with Crippen molar-refractivity contribution in [1.29, 1.82) is 0 Å². The molecule has 65 valence electrons. The lowest BCUT2D eigenvalue weighted by molar-refractivity contribution is 0.562. The summed E-state index contributed by atoms with van der Waals surface area (Å²) < 4.78 is 0. The summed E-state index contributed by atoms with van der Waals surface area (Å²) in [5, 5.41) is 3.39. The van der Waals surface area contributed by atoms with Gasteiger partial charge in [-0.05, 0) is 17.5 Å². The second-order valence-electron chi connectivity index (χ2n) is 2.46. The van der Waals surface area contributed by atoms with Crippen molar-refractivity contribution in [2.75, 3.05) is 6.54 Å². The number of hydrogen-bond donors (Lipinski definition) is 0. The van der Waals surface area contributed by atoms with Crippen molar-refractivity contribution < 1.29 is 4.79 Å². The molecule has 0 aromatic heterocycles. The van der Waals surface area contributed by atoms with Gasteiger partial charge in [0.15, 0.2) is 0 Å². The van der Waals surface area contributed by atoms with Crippen LogP contribution < -0.4 is 0 Å². The molecule has 4 nitrogen and oxygen atoms in total. The highest BCUT2D eigenvalue weighted by atomic mass is 16.1. The van der Waals surface area contributed by atoms with Gasteiger partial charge in [0.1, 0.15) is 0 Å². The standard InChI is InChI=1S/C9H8N3O/c10-12-11-6-5-8-3-1-2-4-9(8)7-13/h1-4H,5-6H2. The minimum absolute atomic E-state index is 0.370. The largest absolute Gasteiger partial charge is 0.285 e. The van der Waals surface area contributed by atoms with Gasteiger partial charge in [-0.2, -0.15) is 0 Å². The van der Waals surface area contributed by atoms with E-state index in [4.69, 9.17) is 5.53 Å². The van der Waals surface area contributed by atoms with Crippen LogP contribution in [0.15, 0.2) is 29.4 Å². The first-order valence-corrected chi connectivity index (χ1v) is 3.85. The van der Waals surface area contributed by atoms with Crippen molar-refractivity contribution in [3.63, 3.8) is 0 Å². The van der Waals surface area contributed by atoms with E-state index in [1.807, 2.05) is 18.4 Å². The minimum atomic E-state index is 0.370. The smallest absolute Gasteiger partial charge is 0.233 e. The maximum absolute atomic E-state index is 10.4. The number of rotatable bonds is 4. The third-order valence-electron chi connectivity index (χ3n) is 1.67. The van der Waals surface area contributed by atoms with Crippen LogP contribution in [0.4, 0.5) is 0 Å². The molecule has 1 aromatic carbocycles. The Hall–Kier alpha value is -1.80. The van der Waals surface area contributed by atoms with Gasteiger partial charge in [-0.3, -0.25) is 4.79 Å². The van der Waals surface area contributed by atoms with E-state index in [-0.39, 0.29) is 0 Å². The van der Waals surface area contributed by atoms with Crippen molar-refractivity contribution in [3.8, 4) is 0 Å². The van der Waals surface area contributed by atoms with E-state index in [1.165, 1.54) is 0 Å². The Bertz CT molecular complexity index is 342. The van der Waals surface area contributed by atoms with Crippen LogP contribution in [0.3, 0.4) is 0 Å². The molecule has 1 aromatic rings. The van der Waals surface area contributed by atoms with Crippen LogP contribution in [0.2, 0.25) is 0 Å². The molecular formula is C9H8N3O. The molecule has 0 N–H and O–H groups in total. The lowest BCUT2D eigenvalue weighted by Crippen LogP contribution is -1.94. The molecule has 1 radical (unpaired) electrons. The normalized spacial score (nSPS) is 8.92. The quantitative estimate of drug-likeness (QED) is 0.391. The molecule has 1 rings (SSSR count). The van der Waals surface area contributed by atoms with Gasteiger partial charge >= 0.3 is 0 Å². The summed E-state index contributed by atoms with van der Waals surface area (Å²) in [6, 6.07) is 7.13. The third kappa shape index (κ3) is 2.61. The zero-order valence-corrected chi connectivity index (χ0v) is 6.97. The number of carbonyl (C=O) groups excluding carboxylic acids is 1. The molecule has 13 heavy (non-hydrogen) atoms. The number of azide groups is 1. The van der Waals surface area contributed by atoms with E-state index in [9.17, 15) is 4.79 Å². The summed E-state index contributed by atoms with van der Waals surface area (Å²) in [4.78, 5) is 13.1. The van der Waals surface area contributed by atoms with E-state index in [0.29, 0.717) is 18.5 Å². The van der Waals surface area contributed by atoms with Crippen LogP contribution in [0.5, 0.6) is 0 Å². The van der Waals surface area contributed by atoms with E-state index in [2.05, 4.69) is 10.0 Å². The van der Waals surface area contributed by atoms with Crippen molar-refractivity contribution in [2.24, 2.45) is 5.11 Å². The predicted octanol–water partition coefficient (Wildman–Crippen LogP) is 2.00. The highest BCUT2D eigenvalue weighted by Crippen LogP contribution is 2.06. The van der Waals surface area contributed by atoms with Crippen LogP contribution in [0.1, 0.15) is 11.1 Å². The Labute approximate surface area is 75.8 Å². The maximum Gasteiger partial charge on any atom is 0.233 e. The summed E-state index contributed by atoms with van der Waals surface area (Å²) in [6.07, 6.45) is 2.42. The van der Waals surface area contributed by atoms with Gasteiger partial charge in [0.05, 0.1) is 0 Å². The van der Waals surface area contributed by atoms with E-state index in [0.717, 1.165) is 5.56 Å². The van der Waals surface area contributed by atoms with Gasteiger partial charge < -0.3 is 0 Å². The molecule has 0 unspecified atom stereocenters. The molecule has 0 saturated carbocycles. The summed E-state index contributed by atoms with van der Waals surface area (Å²) in [5.74, 6) is 0. The average molecular weight is 174 g/mol. The first-order chi connectivity index (χ1) is 6.38. The molecule has 0 amide bonds. The summed E-state index contributed by atoms with van der Waals surface area (Å²) in [5.41, 5.74) is 9.46. The maximum atomic E-state index is 10.4. The molecule has 0 spiro atoms. The van der Waals surface area contributed by atoms with Gasteiger partial charge in [-0.25, -0.2) is 0 Å². The zero-order chi connectivity index (χ0) is 9.52. The van der Waals surface area contributed by atoms with Gasteiger partial charge in [0.2, 0.25) is 6.29 Å². The van der Waals surface area contributed by atoms with Gasteiger partial charge in [-0.1, -0.05) is 29.4 Å². The summed E-state index contributed by atoms with van der Waals surface area (Å²) in [6.45, 7) is 0.370. The Morgan fingerprint density at radius 3 is 2.92 bits per heavy atom. The lowest BCUT2D eigenvalue weighted by Gasteiger charge is -1.99. The highest BCUT2D eigenvalue weighted by Gasteiger charge is 1.99. The van der Waals surface area contributed by atoms with Crippen molar-refractivity contribution in [3.05, 3.63) is 45.8 Å². The molecule has 0 aliphatic heterocycles. The van der Waals surface area contributed by atoms with E-state index >= 15 is 0 Å². The van der Waals surface area contributed by atoms with Crippen LogP contribution in [-0.2, 0) is 11.2 Å². The van der Waals surface area contributed by atoms with Crippen LogP contribution in [0.25, 0.3) is 10.4 Å². The van der Waals surface area contributed by atoms with Crippen molar-refractivity contribution in [1.82, 2.24) is 0 Å². The minimum Gasteiger partial charge on any atom is -0.285 e. The molecule has 0 atom stereocenters. The topological polar surface area (TPSA) is 65.8 Å². The second kappa shape index (κ2) is 4.95. The Balaban J connectivity index is 2.74. The van der Waals surface area contributed by atoms with Gasteiger partial charge in [-0.15, -0.1) is 0 Å². The van der Waals surface area contributed by atoms with Crippen LogP contribution in [0, 0.1) is 0 Å². The molecular weight excluding hydrogens is 166 g/mol.